The predicted octanol–water partition coefficient (Wildman–Crippen LogP) is 7.87. The summed E-state index contributed by atoms with van der Waals surface area (Å²) in [5.41, 5.74) is 5.32. The summed E-state index contributed by atoms with van der Waals surface area (Å²) in [5, 5.41) is 7.67. The van der Waals surface area contributed by atoms with Gasteiger partial charge in [-0.3, -0.25) is 4.79 Å². The normalized spacial score (nSPS) is 13.4. The molecule has 0 bridgehead atoms. The number of ether oxygens (including phenoxy) is 2. The van der Waals surface area contributed by atoms with Crippen LogP contribution in [0.4, 0.5) is 15.9 Å². The van der Waals surface area contributed by atoms with Crippen LogP contribution in [-0.2, 0) is 14.9 Å². The van der Waals surface area contributed by atoms with Gasteiger partial charge in [0.2, 0.25) is 0 Å². The Morgan fingerprint density at radius 3 is 2.50 bits per heavy atom. The number of para-hydroxylation sites is 1. The molecule has 2 heterocycles. The van der Waals surface area contributed by atoms with Crippen molar-refractivity contribution < 1.29 is 23.2 Å². The highest BCUT2D eigenvalue weighted by atomic mass is 19.1. The van der Waals surface area contributed by atoms with Crippen LogP contribution in [0.25, 0.3) is 33.7 Å². The SMILES string of the molecule is CCOC(=O)C1(c2ccc(-c3ccccc3)c(-c3onc(C)c3Nc3cccc(-c4cccc(F)c4OC)n3)c2)CC1. The topological polar surface area (TPSA) is 86.5 Å². The van der Waals surface area contributed by atoms with Gasteiger partial charge in [0.05, 0.1) is 24.8 Å². The Hall–Kier alpha value is -4.98. The van der Waals surface area contributed by atoms with Crippen molar-refractivity contribution in [2.75, 3.05) is 19.0 Å². The summed E-state index contributed by atoms with van der Waals surface area (Å²) >= 11 is 0. The number of pyridine rings is 1. The van der Waals surface area contributed by atoms with Gasteiger partial charge in [0.15, 0.2) is 17.3 Å². The smallest absolute Gasteiger partial charge is 0.316 e. The van der Waals surface area contributed by atoms with Gasteiger partial charge in [0.1, 0.15) is 17.2 Å². The third-order valence-corrected chi connectivity index (χ3v) is 7.63. The fraction of sp³-hybridized carbons (Fsp3) is 0.206. The average molecular weight is 564 g/mol. The van der Waals surface area contributed by atoms with Crippen molar-refractivity contribution in [2.45, 2.75) is 32.1 Å². The number of aromatic nitrogens is 2. The van der Waals surface area contributed by atoms with E-state index in [0.29, 0.717) is 40.8 Å². The minimum absolute atomic E-state index is 0.129. The predicted molar refractivity (Wildman–Crippen MR) is 159 cm³/mol. The van der Waals surface area contributed by atoms with Crippen LogP contribution in [0, 0.1) is 12.7 Å². The molecule has 212 valence electrons. The number of nitrogens with zero attached hydrogens (tertiary/aromatic N) is 2. The Bertz CT molecular complexity index is 1760. The van der Waals surface area contributed by atoms with Gasteiger partial charge in [0.25, 0.3) is 0 Å². The molecule has 42 heavy (non-hydrogen) atoms. The van der Waals surface area contributed by atoms with E-state index in [2.05, 4.69) is 10.5 Å². The Morgan fingerprint density at radius 2 is 1.76 bits per heavy atom. The Morgan fingerprint density at radius 1 is 0.976 bits per heavy atom. The van der Waals surface area contributed by atoms with E-state index in [1.54, 1.807) is 18.2 Å². The number of benzene rings is 3. The lowest BCUT2D eigenvalue weighted by Gasteiger charge is -2.18. The van der Waals surface area contributed by atoms with Crippen LogP contribution >= 0.6 is 0 Å². The summed E-state index contributed by atoms with van der Waals surface area (Å²) < 4.78 is 31.1. The number of carbonyl (C=O) groups is 1. The number of hydrogen-bond acceptors (Lipinski definition) is 7. The number of carbonyl (C=O) groups excluding carboxylic acids is 1. The second kappa shape index (κ2) is 11.1. The zero-order chi connectivity index (χ0) is 29.3. The molecule has 0 atom stereocenters. The van der Waals surface area contributed by atoms with E-state index in [4.69, 9.17) is 19.0 Å². The molecular weight excluding hydrogens is 533 g/mol. The summed E-state index contributed by atoms with van der Waals surface area (Å²) in [4.78, 5) is 17.7. The number of aryl methyl sites for hydroxylation is 1. The van der Waals surface area contributed by atoms with Crippen LogP contribution in [0.3, 0.4) is 0 Å². The number of anilines is 2. The summed E-state index contributed by atoms with van der Waals surface area (Å²) in [5.74, 6) is 0.502. The molecule has 5 aromatic rings. The molecule has 0 unspecified atom stereocenters. The molecular formula is C34H30FN3O4. The standard InChI is InChI=1S/C34H30FN3O4/c1-4-41-33(39)34(18-19-34)23-16-17-24(22-10-6-5-7-11-22)26(20-23)32-30(21(2)38-42-32)37-29-15-9-14-28(36-29)25-12-8-13-27(35)31(25)40-3/h5-17,20H,4,18-19H2,1-3H3,(H,36,37). The van der Waals surface area contributed by atoms with Gasteiger partial charge in [-0.25, -0.2) is 9.37 Å². The van der Waals surface area contributed by atoms with E-state index in [1.165, 1.54) is 13.2 Å². The van der Waals surface area contributed by atoms with Crippen molar-refractivity contribution in [2.24, 2.45) is 0 Å². The number of methoxy groups -OCH3 is 1. The van der Waals surface area contributed by atoms with Crippen molar-refractivity contribution >= 4 is 17.5 Å². The van der Waals surface area contributed by atoms with E-state index in [0.717, 1.165) is 35.1 Å². The van der Waals surface area contributed by atoms with E-state index >= 15 is 0 Å². The van der Waals surface area contributed by atoms with Gasteiger partial charge in [-0.1, -0.05) is 59.8 Å². The minimum atomic E-state index is -0.650. The molecule has 0 radical (unpaired) electrons. The largest absolute Gasteiger partial charge is 0.493 e. The first kappa shape index (κ1) is 27.2. The van der Waals surface area contributed by atoms with Gasteiger partial charge in [-0.15, -0.1) is 0 Å². The third-order valence-electron chi connectivity index (χ3n) is 7.63. The number of esters is 1. The molecule has 0 spiro atoms. The second-order valence-electron chi connectivity index (χ2n) is 10.3. The molecule has 7 nitrogen and oxygen atoms in total. The molecule has 0 saturated heterocycles. The molecule has 2 aromatic heterocycles. The molecule has 1 fully saturated rings. The number of rotatable bonds is 9. The number of halogens is 1. The summed E-state index contributed by atoms with van der Waals surface area (Å²) in [7, 11) is 1.43. The molecule has 0 amide bonds. The zero-order valence-electron chi connectivity index (χ0n) is 23.6. The molecule has 3 aromatic carbocycles. The van der Waals surface area contributed by atoms with Crippen molar-refractivity contribution in [3.05, 3.63) is 102 Å². The van der Waals surface area contributed by atoms with E-state index in [1.807, 2.05) is 74.5 Å². The lowest BCUT2D eigenvalue weighted by Crippen LogP contribution is -2.23. The van der Waals surface area contributed by atoms with Gasteiger partial charge in [0, 0.05) is 11.1 Å². The lowest BCUT2D eigenvalue weighted by molar-refractivity contribution is -0.146. The maximum Gasteiger partial charge on any atom is 0.316 e. The van der Waals surface area contributed by atoms with E-state index in [9.17, 15) is 9.18 Å². The molecule has 0 aliphatic heterocycles. The zero-order valence-corrected chi connectivity index (χ0v) is 23.6. The number of hydrogen-bond donors (Lipinski definition) is 1. The molecule has 6 rings (SSSR count). The van der Waals surface area contributed by atoms with Gasteiger partial charge in [-0.05, 0) is 73.7 Å². The second-order valence-corrected chi connectivity index (χ2v) is 10.3. The van der Waals surface area contributed by atoms with Crippen LogP contribution in [0.15, 0.2) is 89.5 Å². The van der Waals surface area contributed by atoms with Gasteiger partial charge in [-0.2, -0.15) is 0 Å². The summed E-state index contributed by atoms with van der Waals surface area (Å²) in [6.07, 6.45) is 1.47. The molecule has 8 heteroatoms. The Labute approximate surface area is 243 Å². The quantitative estimate of drug-likeness (QED) is 0.183. The van der Waals surface area contributed by atoms with Crippen LogP contribution in [0.2, 0.25) is 0 Å². The first-order valence-corrected chi connectivity index (χ1v) is 13.9. The van der Waals surface area contributed by atoms with Crippen molar-refractivity contribution in [1.82, 2.24) is 10.1 Å². The van der Waals surface area contributed by atoms with Gasteiger partial charge < -0.3 is 19.3 Å². The number of nitrogens with one attached hydrogen (secondary N) is 1. The Balaban J connectivity index is 1.44. The minimum Gasteiger partial charge on any atom is -0.493 e. The maximum atomic E-state index is 14.4. The molecule has 1 aliphatic rings. The highest BCUT2D eigenvalue weighted by Gasteiger charge is 2.53. The fourth-order valence-corrected chi connectivity index (χ4v) is 5.31. The van der Waals surface area contributed by atoms with Crippen molar-refractivity contribution in [3.8, 4) is 39.5 Å². The fourth-order valence-electron chi connectivity index (χ4n) is 5.31. The average Bonchev–Trinajstić information content (AvgIpc) is 3.76. The first-order valence-electron chi connectivity index (χ1n) is 13.9. The van der Waals surface area contributed by atoms with Crippen LogP contribution in [0.1, 0.15) is 31.0 Å². The maximum absolute atomic E-state index is 14.4. The summed E-state index contributed by atoms with van der Waals surface area (Å²) in [6.45, 7) is 4.00. The monoisotopic (exact) mass is 563 g/mol. The van der Waals surface area contributed by atoms with Crippen molar-refractivity contribution in [1.29, 1.82) is 0 Å². The van der Waals surface area contributed by atoms with Crippen LogP contribution in [-0.4, -0.2) is 29.8 Å². The highest BCUT2D eigenvalue weighted by Crippen LogP contribution is 2.51. The highest BCUT2D eigenvalue weighted by molar-refractivity contribution is 5.92. The van der Waals surface area contributed by atoms with Crippen LogP contribution < -0.4 is 10.1 Å². The summed E-state index contributed by atoms with van der Waals surface area (Å²) in [6, 6.07) is 26.2. The van der Waals surface area contributed by atoms with Crippen molar-refractivity contribution in [3.63, 3.8) is 0 Å². The van der Waals surface area contributed by atoms with E-state index in [-0.39, 0.29) is 11.7 Å². The van der Waals surface area contributed by atoms with Gasteiger partial charge >= 0.3 is 5.97 Å². The van der Waals surface area contributed by atoms with Crippen LogP contribution in [0.5, 0.6) is 5.75 Å². The third kappa shape index (κ3) is 4.89. The molecule has 1 N–H and O–H groups in total. The molecule has 1 aliphatic carbocycles. The Kier molecular flexibility index (Phi) is 7.20. The molecule has 1 saturated carbocycles. The first-order chi connectivity index (χ1) is 20.4. The lowest BCUT2D eigenvalue weighted by atomic mass is 9.89. The van der Waals surface area contributed by atoms with E-state index < -0.39 is 11.2 Å².